The lowest BCUT2D eigenvalue weighted by molar-refractivity contribution is -0.00821. The molecule has 0 amide bonds. The van der Waals surface area contributed by atoms with E-state index in [4.69, 9.17) is 0 Å². The zero-order chi connectivity index (χ0) is 16.4. The van der Waals surface area contributed by atoms with E-state index < -0.39 is 0 Å². The Balaban J connectivity index is 1.33. The number of nitrogens with one attached hydrogen (secondary N) is 1. The lowest BCUT2D eigenvalue weighted by Crippen LogP contribution is -2.54. The first-order valence-electron chi connectivity index (χ1n) is 9.06. The monoisotopic (exact) mass is 326 g/mol. The van der Waals surface area contributed by atoms with Crippen molar-refractivity contribution in [2.24, 2.45) is 0 Å². The molecular formula is C19H26N4O. The molecule has 1 saturated heterocycles. The fraction of sp³-hybridized carbons (Fsp3) is 0.526. The maximum absolute atomic E-state index is 10.0. The summed E-state index contributed by atoms with van der Waals surface area (Å²) in [6, 6.07) is 11.1. The van der Waals surface area contributed by atoms with Crippen LogP contribution < -0.4 is 10.2 Å². The highest BCUT2D eigenvalue weighted by Gasteiger charge is 2.41. The topological polar surface area (TPSA) is 53.3 Å². The number of hydrogen-bond donors (Lipinski definition) is 2. The molecule has 0 bridgehead atoms. The van der Waals surface area contributed by atoms with Gasteiger partial charge in [-0.2, -0.15) is 5.10 Å². The highest BCUT2D eigenvalue weighted by atomic mass is 16.3. The van der Waals surface area contributed by atoms with E-state index in [2.05, 4.69) is 39.6 Å². The van der Waals surface area contributed by atoms with Crippen molar-refractivity contribution in [3.63, 3.8) is 0 Å². The van der Waals surface area contributed by atoms with Crippen LogP contribution >= 0.6 is 0 Å². The van der Waals surface area contributed by atoms with Gasteiger partial charge in [0, 0.05) is 43.8 Å². The summed E-state index contributed by atoms with van der Waals surface area (Å²) < 4.78 is 1.87. The van der Waals surface area contributed by atoms with Crippen LogP contribution in [0.1, 0.15) is 37.3 Å². The van der Waals surface area contributed by atoms with E-state index in [9.17, 15) is 5.11 Å². The average molecular weight is 326 g/mol. The molecule has 1 saturated carbocycles. The Morgan fingerprint density at radius 3 is 2.58 bits per heavy atom. The molecule has 1 aromatic heterocycles. The Bertz CT molecular complexity index is 634. The Morgan fingerprint density at radius 2 is 1.92 bits per heavy atom. The van der Waals surface area contributed by atoms with Crippen molar-refractivity contribution in [3.05, 3.63) is 48.3 Å². The second-order valence-electron chi connectivity index (χ2n) is 6.98. The van der Waals surface area contributed by atoms with Crippen molar-refractivity contribution in [1.82, 2.24) is 15.1 Å². The van der Waals surface area contributed by atoms with E-state index in [1.807, 2.05) is 16.9 Å². The third kappa shape index (κ3) is 3.19. The zero-order valence-electron chi connectivity index (χ0n) is 14.0. The van der Waals surface area contributed by atoms with Crippen molar-refractivity contribution >= 4 is 5.69 Å². The van der Waals surface area contributed by atoms with Crippen molar-refractivity contribution in [2.75, 3.05) is 18.0 Å². The Morgan fingerprint density at radius 1 is 1.12 bits per heavy atom. The Labute approximate surface area is 143 Å². The Kier molecular flexibility index (Phi) is 4.54. The van der Waals surface area contributed by atoms with Crippen LogP contribution in [0.4, 0.5) is 5.69 Å². The van der Waals surface area contributed by atoms with Gasteiger partial charge in [0.1, 0.15) is 0 Å². The second kappa shape index (κ2) is 6.95. The summed E-state index contributed by atoms with van der Waals surface area (Å²) in [5.74, 6) is 0. The van der Waals surface area contributed by atoms with Gasteiger partial charge in [-0.3, -0.25) is 4.68 Å². The van der Waals surface area contributed by atoms with Gasteiger partial charge in [-0.15, -0.1) is 0 Å². The largest absolute Gasteiger partial charge is 0.391 e. The normalized spacial score (nSPS) is 27.0. The molecule has 2 aromatic rings. The number of aliphatic hydroxyl groups excluding tert-OH is 1. The molecule has 1 aliphatic heterocycles. The van der Waals surface area contributed by atoms with E-state index in [0.717, 1.165) is 13.0 Å². The van der Waals surface area contributed by atoms with Gasteiger partial charge in [0.25, 0.3) is 0 Å². The van der Waals surface area contributed by atoms with E-state index in [0.29, 0.717) is 0 Å². The maximum atomic E-state index is 10.0. The number of nitrogens with zero attached hydrogens (tertiary/aromatic N) is 3. The molecule has 0 spiro atoms. The summed E-state index contributed by atoms with van der Waals surface area (Å²) in [6.07, 6.45) is 8.16. The molecule has 4 rings (SSSR count). The first-order chi connectivity index (χ1) is 11.8. The summed E-state index contributed by atoms with van der Waals surface area (Å²) in [5.41, 5.74) is 2.63. The van der Waals surface area contributed by atoms with Crippen LogP contribution in [0.3, 0.4) is 0 Å². The van der Waals surface area contributed by atoms with Crippen LogP contribution in [-0.2, 0) is 6.54 Å². The minimum atomic E-state index is -0.302. The van der Waals surface area contributed by atoms with E-state index in [-0.39, 0.29) is 18.2 Å². The van der Waals surface area contributed by atoms with E-state index in [1.54, 1.807) is 6.20 Å². The molecule has 0 radical (unpaired) electrons. The third-order valence-corrected chi connectivity index (χ3v) is 5.36. The van der Waals surface area contributed by atoms with Gasteiger partial charge in [0.15, 0.2) is 0 Å². The van der Waals surface area contributed by atoms with Crippen LogP contribution in [0, 0.1) is 0 Å². The van der Waals surface area contributed by atoms with Crippen molar-refractivity contribution in [1.29, 1.82) is 0 Å². The maximum Gasteiger partial charge on any atom is 0.0932 e. The summed E-state index contributed by atoms with van der Waals surface area (Å²) in [4.78, 5) is 2.48. The number of aromatic nitrogens is 2. The molecule has 5 heteroatoms. The van der Waals surface area contributed by atoms with Gasteiger partial charge in [0.2, 0.25) is 0 Å². The summed E-state index contributed by atoms with van der Waals surface area (Å²) in [5, 5.41) is 17.9. The van der Waals surface area contributed by atoms with Gasteiger partial charge >= 0.3 is 0 Å². The SMILES string of the molecule is O[C@@H]1C[C@H](NCc2ccc(N3CCCCC3)cc2)[C@H]1n1cccn1. The number of rotatable bonds is 5. The first-order valence-corrected chi connectivity index (χ1v) is 9.06. The van der Waals surface area contributed by atoms with Crippen molar-refractivity contribution in [2.45, 2.75) is 50.4 Å². The van der Waals surface area contributed by atoms with Crippen LogP contribution in [0.2, 0.25) is 0 Å². The number of hydrogen-bond acceptors (Lipinski definition) is 4. The molecule has 2 heterocycles. The first kappa shape index (κ1) is 15.7. The fourth-order valence-corrected chi connectivity index (χ4v) is 3.86. The minimum absolute atomic E-state index is 0.0487. The lowest BCUT2D eigenvalue weighted by atomic mass is 9.83. The van der Waals surface area contributed by atoms with Gasteiger partial charge in [-0.25, -0.2) is 0 Å². The van der Waals surface area contributed by atoms with E-state index in [1.165, 1.54) is 43.6 Å². The van der Waals surface area contributed by atoms with Gasteiger partial charge < -0.3 is 15.3 Å². The second-order valence-corrected chi connectivity index (χ2v) is 6.98. The standard InChI is InChI=1S/C19H26N4O/c24-18-13-17(19(18)23-12-4-9-21-23)20-14-15-5-7-16(8-6-15)22-10-2-1-3-11-22/h4-9,12,17-20,24H,1-3,10-11,13-14H2/t17-,18+,19+/m0/s1. The number of benzene rings is 1. The quantitative estimate of drug-likeness (QED) is 0.885. The van der Waals surface area contributed by atoms with Gasteiger partial charge in [-0.1, -0.05) is 12.1 Å². The predicted molar refractivity (Wildman–Crippen MR) is 95.0 cm³/mol. The lowest BCUT2D eigenvalue weighted by Gasteiger charge is -2.42. The molecule has 3 atom stereocenters. The third-order valence-electron chi connectivity index (χ3n) is 5.36. The van der Waals surface area contributed by atoms with Crippen molar-refractivity contribution < 1.29 is 5.11 Å². The Hall–Kier alpha value is -1.85. The summed E-state index contributed by atoms with van der Waals surface area (Å²) in [6.45, 7) is 3.20. The molecule has 128 valence electrons. The van der Waals surface area contributed by atoms with Gasteiger partial charge in [-0.05, 0) is 49.4 Å². The predicted octanol–water partition coefficient (Wildman–Crippen LogP) is 2.34. The highest BCUT2D eigenvalue weighted by molar-refractivity contribution is 5.47. The fourth-order valence-electron chi connectivity index (χ4n) is 3.86. The number of piperidine rings is 1. The van der Waals surface area contributed by atoms with Crippen LogP contribution in [0.15, 0.2) is 42.7 Å². The molecule has 2 aliphatic rings. The summed E-state index contributed by atoms with van der Waals surface area (Å²) in [7, 11) is 0. The number of anilines is 1. The van der Waals surface area contributed by atoms with Crippen LogP contribution in [0.5, 0.6) is 0 Å². The zero-order valence-corrected chi connectivity index (χ0v) is 14.0. The minimum Gasteiger partial charge on any atom is -0.391 e. The molecule has 5 nitrogen and oxygen atoms in total. The average Bonchev–Trinajstić information content (AvgIpc) is 3.13. The summed E-state index contributed by atoms with van der Waals surface area (Å²) >= 11 is 0. The van der Waals surface area contributed by atoms with Gasteiger partial charge in [0.05, 0.1) is 12.1 Å². The molecule has 2 fully saturated rings. The van der Waals surface area contributed by atoms with Crippen LogP contribution in [0.25, 0.3) is 0 Å². The number of aliphatic hydroxyl groups is 1. The van der Waals surface area contributed by atoms with Crippen molar-refractivity contribution in [3.8, 4) is 0 Å². The molecule has 1 aromatic carbocycles. The smallest absolute Gasteiger partial charge is 0.0932 e. The molecule has 0 unspecified atom stereocenters. The van der Waals surface area contributed by atoms with E-state index >= 15 is 0 Å². The molecular weight excluding hydrogens is 300 g/mol. The molecule has 24 heavy (non-hydrogen) atoms. The highest BCUT2D eigenvalue weighted by Crippen LogP contribution is 2.32. The van der Waals surface area contributed by atoms with Crippen LogP contribution in [-0.4, -0.2) is 40.1 Å². The molecule has 1 aliphatic carbocycles. The molecule has 2 N–H and O–H groups in total.